The van der Waals surface area contributed by atoms with Crippen LogP contribution < -0.4 is 5.32 Å². The van der Waals surface area contributed by atoms with Gasteiger partial charge in [-0.05, 0) is 57.7 Å². The zero-order chi connectivity index (χ0) is 13.2. The molecule has 0 spiro atoms. The van der Waals surface area contributed by atoms with Crippen LogP contribution in [0.4, 0.5) is 0 Å². The summed E-state index contributed by atoms with van der Waals surface area (Å²) in [5.74, 6) is 0.938. The summed E-state index contributed by atoms with van der Waals surface area (Å²) in [7, 11) is 0. The first-order chi connectivity index (χ1) is 8.81. The lowest BCUT2D eigenvalue weighted by Crippen LogP contribution is -2.45. The van der Waals surface area contributed by atoms with Crippen LogP contribution in [0.15, 0.2) is 0 Å². The van der Waals surface area contributed by atoms with Crippen LogP contribution in [0.3, 0.4) is 0 Å². The highest BCUT2D eigenvalue weighted by atomic mass is 15.1. The van der Waals surface area contributed by atoms with Gasteiger partial charge in [0.2, 0.25) is 0 Å². The maximum Gasteiger partial charge on any atom is 0.0223 e. The summed E-state index contributed by atoms with van der Waals surface area (Å²) >= 11 is 0. The van der Waals surface area contributed by atoms with E-state index in [-0.39, 0.29) is 0 Å². The van der Waals surface area contributed by atoms with Gasteiger partial charge in [-0.2, -0.15) is 0 Å². The van der Waals surface area contributed by atoms with E-state index in [0.29, 0.717) is 0 Å². The number of nitrogens with one attached hydrogen (secondary N) is 1. The minimum Gasteiger partial charge on any atom is -0.312 e. The average Bonchev–Trinajstić information content (AvgIpc) is 2.88. The zero-order valence-electron chi connectivity index (χ0n) is 12.9. The summed E-state index contributed by atoms with van der Waals surface area (Å²) in [6.45, 7) is 11.9. The van der Waals surface area contributed by atoms with Crippen molar-refractivity contribution in [1.29, 1.82) is 0 Å². The number of rotatable bonds is 10. The molecule has 0 aliphatic heterocycles. The number of nitrogens with zero attached hydrogens (tertiary/aromatic N) is 1. The molecule has 0 heterocycles. The third kappa shape index (κ3) is 5.71. The van der Waals surface area contributed by atoms with Crippen LogP contribution in [0, 0.1) is 5.92 Å². The molecule has 1 rings (SSSR count). The largest absolute Gasteiger partial charge is 0.312 e. The van der Waals surface area contributed by atoms with Gasteiger partial charge in [-0.15, -0.1) is 0 Å². The third-order valence-corrected chi connectivity index (χ3v) is 4.16. The van der Waals surface area contributed by atoms with Crippen molar-refractivity contribution in [2.75, 3.05) is 26.2 Å². The fourth-order valence-corrected chi connectivity index (χ4v) is 3.27. The van der Waals surface area contributed by atoms with Gasteiger partial charge in [0.1, 0.15) is 0 Å². The highest BCUT2D eigenvalue weighted by Gasteiger charge is 2.25. The van der Waals surface area contributed by atoms with E-state index >= 15 is 0 Å². The van der Waals surface area contributed by atoms with Crippen molar-refractivity contribution in [2.45, 2.75) is 71.8 Å². The summed E-state index contributed by atoms with van der Waals surface area (Å²) in [4.78, 5) is 2.67. The van der Waals surface area contributed by atoms with Crippen molar-refractivity contribution < 1.29 is 0 Å². The van der Waals surface area contributed by atoms with Crippen LogP contribution in [0.25, 0.3) is 0 Å². The predicted molar refractivity (Wildman–Crippen MR) is 81.1 cm³/mol. The average molecular weight is 254 g/mol. The van der Waals surface area contributed by atoms with Gasteiger partial charge >= 0.3 is 0 Å². The van der Waals surface area contributed by atoms with Crippen molar-refractivity contribution in [3.63, 3.8) is 0 Å². The molecular weight excluding hydrogens is 220 g/mol. The van der Waals surface area contributed by atoms with Crippen LogP contribution in [0.1, 0.15) is 65.7 Å². The van der Waals surface area contributed by atoms with E-state index in [1.807, 2.05) is 0 Å². The molecular formula is C16H34N2. The summed E-state index contributed by atoms with van der Waals surface area (Å²) in [6, 6.07) is 0.741. The second-order valence-corrected chi connectivity index (χ2v) is 5.91. The number of hydrogen-bond donors (Lipinski definition) is 1. The van der Waals surface area contributed by atoms with Crippen LogP contribution >= 0.6 is 0 Å². The van der Waals surface area contributed by atoms with Gasteiger partial charge in [0.25, 0.3) is 0 Å². The fourth-order valence-electron chi connectivity index (χ4n) is 3.27. The van der Waals surface area contributed by atoms with E-state index < -0.39 is 0 Å². The highest BCUT2D eigenvalue weighted by Crippen LogP contribution is 2.28. The van der Waals surface area contributed by atoms with E-state index in [1.54, 1.807) is 0 Å². The Kier molecular flexibility index (Phi) is 8.70. The first kappa shape index (κ1) is 16.0. The molecule has 1 aliphatic rings. The maximum atomic E-state index is 3.82. The van der Waals surface area contributed by atoms with Gasteiger partial charge in [0.15, 0.2) is 0 Å². The van der Waals surface area contributed by atoms with Crippen LogP contribution in [-0.2, 0) is 0 Å². The fraction of sp³-hybridized carbons (Fsp3) is 1.00. The monoisotopic (exact) mass is 254 g/mol. The topological polar surface area (TPSA) is 15.3 Å². The lowest BCUT2D eigenvalue weighted by atomic mass is 9.97. The van der Waals surface area contributed by atoms with Crippen molar-refractivity contribution in [2.24, 2.45) is 5.92 Å². The molecule has 18 heavy (non-hydrogen) atoms. The van der Waals surface area contributed by atoms with Gasteiger partial charge in [0.05, 0.1) is 0 Å². The van der Waals surface area contributed by atoms with Crippen LogP contribution in [0.2, 0.25) is 0 Å². The van der Waals surface area contributed by atoms with Crippen molar-refractivity contribution in [1.82, 2.24) is 10.2 Å². The van der Waals surface area contributed by atoms with E-state index in [9.17, 15) is 0 Å². The standard InChI is InChI=1S/C16H34N2/c1-4-11-17-16(15-9-7-8-10-15)14-18(12-5-2)13-6-3/h15-17H,4-14H2,1-3H3. The first-order valence-corrected chi connectivity index (χ1v) is 8.27. The van der Waals surface area contributed by atoms with E-state index in [2.05, 4.69) is 31.0 Å². The lowest BCUT2D eigenvalue weighted by molar-refractivity contribution is 0.208. The lowest BCUT2D eigenvalue weighted by Gasteiger charge is -2.31. The molecule has 0 bridgehead atoms. The summed E-state index contributed by atoms with van der Waals surface area (Å²) in [6.07, 6.45) is 9.63. The highest BCUT2D eigenvalue weighted by molar-refractivity contribution is 4.83. The Morgan fingerprint density at radius 2 is 1.61 bits per heavy atom. The molecule has 0 radical (unpaired) electrons. The van der Waals surface area contributed by atoms with Gasteiger partial charge in [-0.1, -0.05) is 33.6 Å². The van der Waals surface area contributed by atoms with Gasteiger partial charge in [-0.3, -0.25) is 0 Å². The zero-order valence-corrected chi connectivity index (χ0v) is 12.9. The van der Waals surface area contributed by atoms with Crippen molar-refractivity contribution in [3.05, 3.63) is 0 Å². The minimum atomic E-state index is 0.741. The Morgan fingerprint density at radius 1 is 1.00 bits per heavy atom. The van der Waals surface area contributed by atoms with E-state index in [0.717, 1.165) is 12.0 Å². The van der Waals surface area contributed by atoms with Gasteiger partial charge in [0, 0.05) is 12.6 Å². The Labute approximate surface area is 115 Å². The molecule has 1 N–H and O–H groups in total. The van der Waals surface area contributed by atoms with Crippen molar-refractivity contribution >= 4 is 0 Å². The number of hydrogen-bond acceptors (Lipinski definition) is 2. The molecule has 0 amide bonds. The second-order valence-electron chi connectivity index (χ2n) is 5.91. The summed E-state index contributed by atoms with van der Waals surface area (Å²) < 4.78 is 0. The molecule has 108 valence electrons. The Bertz CT molecular complexity index is 182. The van der Waals surface area contributed by atoms with Gasteiger partial charge < -0.3 is 10.2 Å². The molecule has 1 fully saturated rings. The molecule has 0 aromatic rings. The SMILES string of the molecule is CCCNC(CN(CCC)CCC)C1CCCC1. The molecule has 2 nitrogen and oxygen atoms in total. The molecule has 1 atom stereocenters. The van der Waals surface area contributed by atoms with Crippen molar-refractivity contribution in [3.8, 4) is 0 Å². The Morgan fingerprint density at radius 3 is 2.11 bits per heavy atom. The normalized spacial score (nSPS) is 18.7. The van der Waals surface area contributed by atoms with Crippen LogP contribution in [-0.4, -0.2) is 37.1 Å². The Hall–Kier alpha value is -0.0800. The molecule has 1 aliphatic carbocycles. The third-order valence-electron chi connectivity index (χ3n) is 4.16. The van der Waals surface area contributed by atoms with Gasteiger partial charge in [-0.25, -0.2) is 0 Å². The minimum absolute atomic E-state index is 0.741. The predicted octanol–water partition coefficient (Wildman–Crippen LogP) is 3.67. The summed E-state index contributed by atoms with van der Waals surface area (Å²) in [5, 5.41) is 3.82. The quantitative estimate of drug-likeness (QED) is 0.640. The molecule has 2 heteroatoms. The maximum absolute atomic E-state index is 3.82. The molecule has 0 aromatic heterocycles. The molecule has 1 saturated carbocycles. The smallest absolute Gasteiger partial charge is 0.0223 e. The molecule has 0 aromatic carbocycles. The van der Waals surface area contributed by atoms with E-state index in [1.165, 1.54) is 71.1 Å². The van der Waals surface area contributed by atoms with Crippen LogP contribution in [0.5, 0.6) is 0 Å². The Balaban J connectivity index is 2.45. The molecule has 0 saturated heterocycles. The summed E-state index contributed by atoms with van der Waals surface area (Å²) in [5.41, 5.74) is 0. The molecule has 1 unspecified atom stereocenters. The van der Waals surface area contributed by atoms with E-state index in [4.69, 9.17) is 0 Å². The first-order valence-electron chi connectivity index (χ1n) is 8.27. The second kappa shape index (κ2) is 9.80.